The van der Waals surface area contributed by atoms with Gasteiger partial charge in [-0.25, -0.2) is 22.9 Å². The summed E-state index contributed by atoms with van der Waals surface area (Å²) in [6.07, 6.45) is 2.82. The van der Waals surface area contributed by atoms with Crippen LogP contribution in [0.5, 0.6) is 0 Å². The molecule has 0 radical (unpaired) electrons. The summed E-state index contributed by atoms with van der Waals surface area (Å²) >= 11 is 0. The third-order valence-electron chi connectivity index (χ3n) is 4.77. The minimum atomic E-state index is -3.85. The first-order valence-corrected chi connectivity index (χ1v) is 9.73. The molecule has 1 fully saturated rings. The van der Waals surface area contributed by atoms with E-state index >= 15 is 0 Å². The van der Waals surface area contributed by atoms with Gasteiger partial charge in [-0.2, -0.15) is 4.31 Å². The lowest BCUT2D eigenvalue weighted by atomic mass is 9.88. The normalized spacial score (nSPS) is 20.7. The molecule has 3 rings (SSSR count). The van der Waals surface area contributed by atoms with Gasteiger partial charge in [0, 0.05) is 39.3 Å². The first-order valence-electron chi connectivity index (χ1n) is 8.29. The highest BCUT2D eigenvalue weighted by atomic mass is 32.2. The van der Waals surface area contributed by atoms with E-state index in [1.54, 1.807) is 23.7 Å². The summed E-state index contributed by atoms with van der Waals surface area (Å²) in [6, 6.07) is 5.74. The number of hydrogen-bond acceptors (Lipinski definition) is 5. The van der Waals surface area contributed by atoms with Crippen molar-refractivity contribution in [2.24, 2.45) is 13.0 Å². The summed E-state index contributed by atoms with van der Waals surface area (Å²) in [6.45, 7) is 0.0893. The first kappa shape index (κ1) is 19.5. The quantitative estimate of drug-likeness (QED) is 0.704. The molecule has 8 nitrogen and oxygen atoms in total. The number of carbonyl (C=O) groups excluding carboxylic acids is 1. The molecule has 1 aliphatic rings. The van der Waals surface area contributed by atoms with Crippen LogP contribution in [0.4, 0.5) is 4.39 Å². The van der Waals surface area contributed by atoms with Gasteiger partial charge in [0.2, 0.25) is 0 Å². The van der Waals surface area contributed by atoms with E-state index in [4.69, 9.17) is 4.84 Å². The summed E-state index contributed by atoms with van der Waals surface area (Å²) in [5.41, 5.74) is 0.693. The van der Waals surface area contributed by atoms with Crippen LogP contribution in [0.1, 0.15) is 11.5 Å². The number of aromatic nitrogens is 2. The number of aryl methyl sites for hydroxylation is 1. The molecular formula is C17H21FN4O4S. The van der Waals surface area contributed by atoms with E-state index in [1.165, 1.54) is 43.1 Å². The number of halogens is 1. The lowest BCUT2D eigenvalue weighted by Gasteiger charge is -2.22. The Labute approximate surface area is 157 Å². The van der Waals surface area contributed by atoms with E-state index in [1.807, 2.05) is 0 Å². The lowest BCUT2D eigenvalue weighted by Crippen LogP contribution is -2.36. The Kier molecular flexibility index (Phi) is 5.31. The van der Waals surface area contributed by atoms with Crippen molar-refractivity contribution in [3.8, 4) is 0 Å². The van der Waals surface area contributed by atoms with Crippen molar-refractivity contribution in [2.45, 2.75) is 10.9 Å². The monoisotopic (exact) mass is 396 g/mol. The summed E-state index contributed by atoms with van der Waals surface area (Å²) in [7, 11) is 0.663. The van der Waals surface area contributed by atoms with Gasteiger partial charge in [-0.15, -0.1) is 0 Å². The van der Waals surface area contributed by atoms with Crippen molar-refractivity contribution in [2.75, 3.05) is 27.2 Å². The fourth-order valence-electron chi connectivity index (χ4n) is 3.24. The van der Waals surface area contributed by atoms with Gasteiger partial charge in [0.25, 0.3) is 15.9 Å². The molecule has 146 valence electrons. The second-order valence-electron chi connectivity index (χ2n) is 6.48. The fourth-order valence-corrected chi connectivity index (χ4v) is 4.70. The second kappa shape index (κ2) is 7.37. The summed E-state index contributed by atoms with van der Waals surface area (Å²) in [5, 5.41) is 1.01. The van der Waals surface area contributed by atoms with E-state index in [0.29, 0.717) is 5.56 Å². The zero-order chi connectivity index (χ0) is 19.8. The van der Waals surface area contributed by atoms with Crippen LogP contribution in [0.2, 0.25) is 0 Å². The Hall–Kier alpha value is -2.30. The highest BCUT2D eigenvalue weighted by molar-refractivity contribution is 7.89. The smallest absolute Gasteiger partial charge is 0.262 e. The number of rotatable bonds is 5. The third-order valence-corrected chi connectivity index (χ3v) is 6.49. The van der Waals surface area contributed by atoms with Crippen LogP contribution < -0.4 is 0 Å². The third kappa shape index (κ3) is 3.73. The molecule has 1 aromatic carbocycles. The van der Waals surface area contributed by atoms with Crippen molar-refractivity contribution in [3.63, 3.8) is 0 Å². The van der Waals surface area contributed by atoms with Crippen LogP contribution in [0.3, 0.4) is 0 Å². The van der Waals surface area contributed by atoms with E-state index < -0.39 is 27.7 Å². The van der Waals surface area contributed by atoms with Gasteiger partial charge in [0.15, 0.2) is 5.03 Å². The molecule has 1 saturated heterocycles. The summed E-state index contributed by atoms with van der Waals surface area (Å²) in [4.78, 5) is 21.6. The largest absolute Gasteiger partial charge is 0.339 e. The molecule has 27 heavy (non-hydrogen) atoms. The number of sulfonamides is 1. The number of hydroxylamine groups is 2. The fraction of sp³-hybridized carbons (Fsp3) is 0.412. The molecule has 2 heterocycles. The van der Waals surface area contributed by atoms with Gasteiger partial charge >= 0.3 is 0 Å². The zero-order valence-electron chi connectivity index (χ0n) is 15.2. The average molecular weight is 396 g/mol. The molecular weight excluding hydrogens is 375 g/mol. The maximum Gasteiger partial charge on any atom is 0.262 e. The number of amides is 1. The van der Waals surface area contributed by atoms with Crippen LogP contribution in [0.25, 0.3) is 0 Å². The standard InChI is InChI=1S/C17H21FN4O4S/c1-20-10-16(19-11-20)27(24,25)22-8-14(12-4-6-13(18)7-5-12)15(9-22)17(23)21(2)26-3/h4-7,10-11,14-15H,8-9H2,1-3H3. The van der Waals surface area contributed by atoms with Crippen LogP contribution in [0, 0.1) is 11.7 Å². The highest BCUT2D eigenvalue weighted by Crippen LogP contribution is 2.36. The van der Waals surface area contributed by atoms with Gasteiger partial charge in [-0.05, 0) is 17.7 Å². The molecule has 2 atom stereocenters. The van der Waals surface area contributed by atoms with Gasteiger partial charge in [-0.1, -0.05) is 12.1 Å². The van der Waals surface area contributed by atoms with Gasteiger partial charge in [0.1, 0.15) is 5.82 Å². The minimum Gasteiger partial charge on any atom is -0.339 e. The first-order chi connectivity index (χ1) is 12.7. The molecule has 1 aliphatic heterocycles. The van der Waals surface area contributed by atoms with Crippen LogP contribution in [0.15, 0.2) is 41.8 Å². The van der Waals surface area contributed by atoms with Crippen molar-refractivity contribution in [3.05, 3.63) is 48.2 Å². The lowest BCUT2D eigenvalue weighted by molar-refractivity contribution is -0.173. The van der Waals surface area contributed by atoms with Gasteiger partial charge in [-0.3, -0.25) is 9.63 Å². The SMILES string of the molecule is CON(C)C(=O)C1CN(S(=O)(=O)c2cn(C)cn2)CC1c1ccc(F)cc1. The summed E-state index contributed by atoms with van der Waals surface area (Å²) in [5.74, 6) is -1.81. The molecule has 1 amide bonds. The Bertz CT molecular complexity index is 929. The molecule has 0 N–H and O–H groups in total. The molecule has 1 aromatic heterocycles. The maximum absolute atomic E-state index is 13.3. The molecule has 0 bridgehead atoms. The summed E-state index contributed by atoms with van der Waals surface area (Å²) < 4.78 is 41.9. The predicted molar refractivity (Wildman–Crippen MR) is 94.4 cm³/mol. The maximum atomic E-state index is 13.3. The number of imidazole rings is 1. The van der Waals surface area contributed by atoms with E-state index in [9.17, 15) is 17.6 Å². The predicted octanol–water partition coefficient (Wildman–Crippen LogP) is 0.983. The molecule has 2 unspecified atom stereocenters. The van der Waals surface area contributed by atoms with Gasteiger partial charge < -0.3 is 4.57 Å². The molecule has 10 heteroatoms. The Morgan fingerprint density at radius 2 is 1.96 bits per heavy atom. The van der Waals surface area contributed by atoms with E-state index in [2.05, 4.69) is 4.98 Å². The Balaban J connectivity index is 1.95. The number of carbonyl (C=O) groups is 1. The van der Waals surface area contributed by atoms with Crippen LogP contribution in [-0.4, -0.2) is 60.5 Å². The molecule has 0 saturated carbocycles. The molecule has 0 aliphatic carbocycles. The van der Waals surface area contributed by atoms with Crippen molar-refractivity contribution in [1.82, 2.24) is 18.9 Å². The number of hydrogen-bond donors (Lipinski definition) is 0. The van der Waals surface area contributed by atoms with Crippen molar-refractivity contribution in [1.29, 1.82) is 0 Å². The number of nitrogens with zero attached hydrogens (tertiary/aromatic N) is 4. The minimum absolute atomic E-state index is 0.00646. The van der Waals surface area contributed by atoms with Crippen molar-refractivity contribution >= 4 is 15.9 Å². The molecule has 2 aromatic rings. The zero-order valence-corrected chi connectivity index (χ0v) is 16.1. The van der Waals surface area contributed by atoms with Crippen LogP contribution in [-0.2, 0) is 26.7 Å². The Morgan fingerprint density at radius 3 is 2.52 bits per heavy atom. The second-order valence-corrected chi connectivity index (χ2v) is 8.37. The van der Waals surface area contributed by atoms with Crippen molar-refractivity contribution < 1.29 is 22.4 Å². The van der Waals surface area contributed by atoms with Crippen LogP contribution >= 0.6 is 0 Å². The average Bonchev–Trinajstić information content (AvgIpc) is 3.28. The van der Waals surface area contributed by atoms with E-state index in [0.717, 1.165) is 5.06 Å². The van der Waals surface area contributed by atoms with Gasteiger partial charge in [0.05, 0.1) is 19.4 Å². The van der Waals surface area contributed by atoms with E-state index in [-0.39, 0.29) is 24.0 Å². The Morgan fingerprint density at radius 1 is 1.30 bits per heavy atom. The molecule has 0 spiro atoms. The topological polar surface area (TPSA) is 84.7 Å². The number of benzene rings is 1. The highest BCUT2D eigenvalue weighted by Gasteiger charge is 2.45.